The van der Waals surface area contributed by atoms with Crippen molar-refractivity contribution in [2.75, 3.05) is 31.3 Å². The fraction of sp³-hybridized carbons (Fsp3) is 0.600. The maximum Gasteiger partial charge on any atom is 0.276 e. The van der Waals surface area contributed by atoms with Gasteiger partial charge in [0.05, 0.1) is 6.33 Å². The van der Waals surface area contributed by atoms with Crippen LogP contribution in [0, 0.1) is 0 Å². The molecule has 4 N–H and O–H groups in total. The fourth-order valence-electron chi connectivity index (χ4n) is 1.31. The molecule has 0 spiro atoms. The number of H-pyrrole nitrogens is 1. The van der Waals surface area contributed by atoms with E-state index in [2.05, 4.69) is 15.3 Å². The quantitative estimate of drug-likeness (QED) is 0.591. The molecule has 0 atom stereocenters. The maximum absolute atomic E-state index is 11.1. The van der Waals surface area contributed by atoms with E-state index in [1.54, 1.807) is 7.11 Å². The van der Waals surface area contributed by atoms with Crippen molar-refractivity contribution >= 4 is 11.5 Å². The molecule has 0 amide bonds. The van der Waals surface area contributed by atoms with Crippen LogP contribution in [0.3, 0.4) is 0 Å². The number of aromatic amines is 1. The summed E-state index contributed by atoms with van der Waals surface area (Å²) in [5, 5.41) is 3.03. The van der Waals surface area contributed by atoms with Crippen LogP contribution in [0.2, 0.25) is 0 Å². The highest BCUT2D eigenvalue weighted by Gasteiger charge is 2.02. The van der Waals surface area contributed by atoms with E-state index in [4.69, 9.17) is 10.5 Å². The summed E-state index contributed by atoms with van der Waals surface area (Å²) in [7, 11) is 1.69. The van der Waals surface area contributed by atoms with Crippen molar-refractivity contribution < 1.29 is 4.74 Å². The van der Waals surface area contributed by atoms with E-state index in [9.17, 15) is 4.79 Å². The number of aromatic nitrogens is 2. The molecular formula is C10H18N4O2. The number of methoxy groups -OCH3 is 1. The van der Waals surface area contributed by atoms with Gasteiger partial charge in [0, 0.05) is 20.3 Å². The zero-order valence-corrected chi connectivity index (χ0v) is 9.45. The number of ether oxygens (including phenoxy) is 1. The summed E-state index contributed by atoms with van der Waals surface area (Å²) >= 11 is 0. The number of hydrogen-bond donors (Lipinski definition) is 3. The molecule has 0 aliphatic carbocycles. The lowest BCUT2D eigenvalue weighted by molar-refractivity contribution is 0.192. The van der Waals surface area contributed by atoms with Crippen molar-refractivity contribution in [1.29, 1.82) is 0 Å². The van der Waals surface area contributed by atoms with Gasteiger partial charge in [-0.3, -0.25) is 4.79 Å². The highest BCUT2D eigenvalue weighted by molar-refractivity contribution is 5.58. The summed E-state index contributed by atoms with van der Waals surface area (Å²) in [6.07, 6.45) is 4.45. The molecule has 0 unspecified atom stereocenters. The lowest BCUT2D eigenvalue weighted by Gasteiger charge is -2.06. The van der Waals surface area contributed by atoms with Gasteiger partial charge in [-0.1, -0.05) is 0 Å². The lowest BCUT2D eigenvalue weighted by Crippen LogP contribution is -2.16. The molecule has 6 nitrogen and oxygen atoms in total. The van der Waals surface area contributed by atoms with Crippen LogP contribution in [0.25, 0.3) is 0 Å². The van der Waals surface area contributed by atoms with Crippen LogP contribution in [-0.4, -0.2) is 30.2 Å². The van der Waals surface area contributed by atoms with Crippen molar-refractivity contribution in [3.63, 3.8) is 0 Å². The van der Waals surface area contributed by atoms with Gasteiger partial charge in [0.1, 0.15) is 5.69 Å². The minimum Gasteiger partial charge on any atom is -0.391 e. The van der Waals surface area contributed by atoms with E-state index in [1.807, 2.05) is 0 Å². The molecule has 0 bridgehead atoms. The van der Waals surface area contributed by atoms with E-state index in [-0.39, 0.29) is 11.2 Å². The van der Waals surface area contributed by atoms with Gasteiger partial charge < -0.3 is 20.8 Å². The Morgan fingerprint density at radius 1 is 1.50 bits per heavy atom. The van der Waals surface area contributed by atoms with Crippen LogP contribution in [-0.2, 0) is 4.74 Å². The van der Waals surface area contributed by atoms with E-state index in [0.29, 0.717) is 5.82 Å². The Balaban J connectivity index is 2.27. The van der Waals surface area contributed by atoms with Crippen molar-refractivity contribution in [2.45, 2.75) is 19.3 Å². The number of nitrogens with one attached hydrogen (secondary N) is 2. The standard InChI is InChI=1S/C10H18N4O2/c1-16-6-4-2-3-5-12-9-8(11)10(15)14-7-13-9/h7H,2-6,11H2,1H3,(H2,12,13,14,15). The Morgan fingerprint density at radius 3 is 3.06 bits per heavy atom. The molecule has 90 valence electrons. The highest BCUT2D eigenvalue weighted by Crippen LogP contribution is 2.07. The number of unbranched alkanes of at least 4 members (excludes halogenated alkanes) is 2. The molecule has 0 saturated heterocycles. The Kier molecular flexibility index (Phi) is 5.35. The van der Waals surface area contributed by atoms with Gasteiger partial charge in [-0.05, 0) is 19.3 Å². The topological polar surface area (TPSA) is 93.0 Å². The SMILES string of the molecule is COCCCCCNc1nc[nH]c(=O)c1N. The third-order valence-corrected chi connectivity index (χ3v) is 2.21. The molecule has 6 heteroatoms. The Labute approximate surface area is 94.2 Å². The predicted molar refractivity (Wildman–Crippen MR) is 63.5 cm³/mol. The zero-order valence-electron chi connectivity index (χ0n) is 9.45. The second-order valence-electron chi connectivity index (χ2n) is 3.47. The third-order valence-electron chi connectivity index (χ3n) is 2.21. The van der Waals surface area contributed by atoms with Crippen LogP contribution >= 0.6 is 0 Å². The number of hydrogen-bond acceptors (Lipinski definition) is 5. The molecule has 0 fully saturated rings. The van der Waals surface area contributed by atoms with Crippen LogP contribution in [0.1, 0.15) is 19.3 Å². The van der Waals surface area contributed by atoms with E-state index < -0.39 is 0 Å². The van der Waals surface area contributed by atoms with Crippen LogP contribution in [0.4, 0.5) is 11.5 Å². The van der Waals surface area contributed by atoms with Crippen LogP contribution in [0.5, 0.6) is 0 Å². The first kappa shape index (κ1) is 12.5. The van der Waals surface area contributed by atoms with Crippen LogP contribution in [0.15, 0.2) is 11.1 Å². The summed E-state index contributed by atoms with van der Waals surface area (Å²) in [6.45, 7) is 1.54. The van der Waals surface area contributed by atoms with Gasteiger partial charge >= 0.3 is 0 Å². The first-order valence-corrected chi connectivity index (χ1v) is 5.31. The molecule has 16 heavy (non-hydrogen) atoms. The second-order valence-corrected chi connectivity index (χ2v) is 3.47. The number of anilines is 2. The summed E-state index contributed by atoms with van der Waals surface area (Å²) < 4.78 is 4.94. The maximum atomic E-state index is 11.1. The lowest BCUT2D eigenvalue weighted by atomic mass is 10.2. The van der Waals surface area contributed by atoms with E-state index in [1.165, 1.54) is 6.33 Å². The number of rotatable bonds is 7. The van der Waals surface area contributed by atoms with Gasteiger partial charge in [-0.15, -0.1) is 0 Å². The average Bonchev–Trinajstić information content (AvgIpc) is 2.29. The molecule has 0 saturated carbocycles. The Hall–Kier alpha value is -1.56. The third kappa shape index (κ3) is 3.90. The van der Waals surface area contributed by atoms with E-state index >= 15 is 0 Å². The Bertz CT molecular complexity index is 364. The summed E-state index contributed by atoms with van der Waals surface area (Å²) in [5.74, 6) is 0.454. The molecule has 0 aliphatic heterocycles. The Morgan fingerprint density at radius 2 is 2.31 bits per heavy atom. The smallest absolute Gasteiger partial charge is 0.276 e. The number of nitrogens with zero attached hydrogens (tertiary/aromatic N) is 1. The van der Waals surface area contributed by atoms with Gasteiger partial charge in [0.15, 0.2) is 5.82 Å². The van der Waals surface area contributed by atoms with Crippen molar-refractivity contribution in [2.24, 2.45) is 0 Å². The number of nitrogens with two attached hydrogens (primary N) is 1. The normalized spacial score (nSPS) is 10.3. The van der Waals surface area contributed by atoms with Gasteiger partial charge in [-0.2, -0.15) is 0 Å². The predicted octanol–water partition coefficient (Wildman–Crippen LogP) is 0.581. The molecule has 0 aliphatic rings. The van der Waals surface area contributed by atoms with E-state index in [0.717, 1.165) is 32.4 Å². The summed E-state index contributed by atoms with van der Waals surface area (Å²) in [5.41, 5.74) is 5.39. The van der Waals surface area contributed by atoms with Gasteiger partial charge in [-0.25, -0.2) is 4.98 Å². The monoisotopic (exact) mass is 226 g/mol. The minimum atomic E-state index is -0.308. The largest absolute Gasteiger partial charge is 0.391 e. The summed E-state index contributed by atoms with van der Waals surface area (Å²) in [6, 6.07) is 0. The van der Waals surface area contributed by atoms with Gasteiger partial charge in [0.2, 0.25) is 0 Å². The first-order valence-electron chi connectivity index (χ1n) is 5.31. The highest BCUT2D eigenvalue weighted by atomic mass is 16.5. The molecule has 1 heterocycles. The molecular weight excluding hydrogens is 208 g/mol. The second kappa shape index (κ2) is 6.84. The minimum absolute atomic E-state index is 0.138. The van der Waals surface area contributed by atoms with Gasteiger partial charge in [0.25, 0.3) is 5.56 Å². The average molecular weight is 226 g/mol. The van der Waals surface area contributed by atoms with Crippen LogP contribution < -0.4 is 16.6 Å². The first-order chi connectivity index (χ1) is 7.75. The molecule has 0 aromatic carbocycles. The fourth-order valence-corrected chi connectivity index (χ4v) is 1.31. The van der Waals surface area contributed by atoms with Crippen molar-refractivity contribution in [3.05, 3.63) is 16.7 Å². The molecule has 1 aromatic heterocycles. The van der Waals surface area contributed by atoms with Crippen molar-refractivity contribution in [3.8, 4) is 0 Å². The number of nitrogen functional groups attached to an aromatic ring is 1. The molecule has 0 radical (unpaired) electrons. The van der Waals surface area contributed by atoms with Crippen molar-refractivity contribution in [1.82, 2.24) is 9.97 Å². The summed E-state index contributed by atoms with van der Waals surface area (Å²) in [4.78, 5) is 17.5. The molecule has 1 rings (SSSR count). The zero-order chi connectivity index (χ0) is 11.8. The molecule has 1 aromatic rings.